The molecule has 24 heavy (non-hydrogen) atoms. The van der Waals surface area contributed by atoms with E-state index in [2.05, 4.69) is 5.32 Å². The molecule has 0 spiro atoms. The Kier molecular flexibility index (Phi) is 6.26. The lowest BCUT2D eigenvalue weighted by Gasteiger charge is -2.13. The summed E-state index contributed by atoms with van der Waals surface area (Å²) >= 11 is 1.23. The Morgan fingerprint density at radius 2 is 1.83 bits per heavy atom. The van der Waals surface area contributed by atoms with Gasteiger partial charge >= 0.3 is 5.97 Å². The van der Waals surface area contributed by atoms with Gasteiger partial charge in [-0.15, -0.1) is 11.8 Å². The number of aromatic carboxylic acids is 1. The van der Waals surface area contributed by atoms with Gasteiger partial charge in [-0.05, 0) is 36.8 Å². The molecule has 0 aliphatic carbocycles. The van der Waals surface area contributed by atoms with Crippen LogP contribution in [0, 0.1) is 0 Å². The highest BCUT2D eigenvalue weighted by molar-refractivity contribution is 8.00. The van der Waals surface area contributed by atoms with E-state index >= 15 is 0 Å². The van der Waals surface area contributed by atoms with Crippen LogP contribution in [-0.2, 0) is 11.3 Å². The second-order valence-corrected chi connectivity index (χ2v) is 6.51. The first-order valence-electron chi connectivity index (χ1n) is 7.41. The fourth-order valence-electron chi connectivity index (χ4n) is 2.07. The number of nitrogens with one attached hydrogen (secondary N) is 1. The Hall–Kier alpha value is -2.47. The van der Waals surface area contributed by atoms with Crippen LogP contribution in [0.2, 0.25) is 0 Å². The maximum Gasteiger partial charge on any atom is 0.336 e. The molecular weight excluding hydrogens is 326 g/mol. The van der Waals surface area contributed by atoms with Gasteiger partial charge in [-0.2, -0.15) is 0 Å². The largest absolute Gasteiger partial charge is 0.497 e. The summed E-state index contributed by atoms with van der Waals surface area (Å²) in [5.41, 5.74) is 1.17. The number of carboxylic acid groups (broad SMARTS) is 1. The molecule has 0 aromatic heterocycles. The van der Waals surface area contributed by atoms with Crippen molar-refractivity contribution in [1.29, 1.82) is 0 Å². The Morgan fingerprint density at radius 1 is 1.17 bits per heavy atom. The second-order valence-electron chi connectivity index (χ2n) is 5.13. The number of hydrogen-bond acceptors (Lipinski definition) is 4. The minimum Gasteiger partial charge on any atom is -0.497 e. The molecule has 2 aromatic rings. The summed E-state index contributed by atoms with van der Waals surface area (Å²) in [4.78, 5) is 24.0. The average Bonchev–Trinajstić information content (AvgIpc) is 2.60. The Balaban J connectivity index is 1.93. The van der Waals surface area contributed by atoms with Gasteiger partial charge in [0.05, 0.1) is 17.9 Å². The summed E-state index contributed by atoms with van der Waals surface area (Å²) in [6.45, 7) is 2.17. The Bertz CT molecular complexity index is 715. The predicted octanol–water partition coefficient (Wildman–Crippen LogP) is 3.19. The van der Waals surface area contributed by atoms with E-state index in [0.717, 1.165) is 11.3 Å². The van der Waals surface area contributed by atoms with Gasteiger partial charge in [-0.25, -0.2) is 4.79 Å². The molecule has 1 atom stereocenters. The number of amides is 1. The van der Waals surface area contributed by atoms with Crippen molar-refractivity contribution in [2.75, 3.05) is 7.11 Å². The molecule has 0 saturated heterocycles. The summed E-state index contributed by atoms with van der Waals surface area (Å²) in [6, 6.07) is 14.1. The standard InChI is InChI=1S/C18H19NO4S/c1-12(24-16-6-4-3-5-15(16)18(21)22)17(20)19-11-13-7-9-14(23-2)10-8-13/h3-10,12H,11H2,1-2H3,(H,19,20)(H,21,22)/t12-/m0/s1. The predicted molar refractivity (Wildman–Crippen MR) is 93.6 cm³/mol. The first-order valence-corrected chi connectivity index (χ1v) is 8.29. The summed E-state index contributed by atoms with van der Waals surface area (Å²) in [5.74, 6) is -0.376. The van der Waals surface area contributed by atoms with Crippen molar-refractivity contribution in [3.05, 3.63) is 59.7 Å². The highest BCUT2D eigenvalue weighted by Crippen LogP contribution is 2.27. The molecule has 5 nitrogen and oxygen atoms in total. The van der Waals surface area contributed by atoms with E-state index in [1.54, 1.807) is 32.2 Å². The number of carbonyl (C=O) groups excluding carboxylic acids is 1. The average molecular weight is 345 g/mol. The van der Waals surface area contributed by atoms with Crippen molar-refractivity contribution >= 4 is 23.6 Å². The zero-order valence-electron chi connectivity index (χ0n) is 13.5. The zero-order chi connectivity index (χ0) is 17.5. The van der Waals surface area contributed by atoms with Crippen LogP contribution >= 0.6 is 11.8 Å². The minimum atomic E-state index is -0.996. The molecule has 0 aliphatic rings. The molecule has 2 N–H and O–H groups in total. The third kappa shape index (κ3) is 4.76. The molecule has 0 radical (unpaired) electrons. The Labute approximate surface area is 145 Å². The fourth-order valence-corrected chi connectivity index (χ4v) is 3.08. The smallest absolute Gasteiger partial charge is 0.336 e. The maximum atomic E-state index is 12.2. The lowest BCUT2D eigenvalue weighted by molar-refractivity contribution is -0.120. The quantitative estimate of drug-likeness (QED) is 0.754. The summed E-state index contributed by atoms with van der Waals surface area (Å²) < 4.78 is 5.09. The monoisotopic (exact) mass is 345 g/mol. The third-order valence-corrected chi connectivity index (χ3v) is 4.59. The van der Waals surface area contributed by atoms with Gasteiger partial charge in [0.2, 0.25) is 5.91 Å². The number of rotatable bonds is 7. The van der Waals surface area contributed by atoms with Crippen molar-refractivity contribution in [2.24, 2.45) is 0 Å². The van der Waals surface area contributed by atoms with Gasteiger partial charge < -0.3 is 15.2 Å². The van der Waals surface area contributed by atoms with E-state index in [1.807, 2.05) is 24.3 Å². The van der Waals surface area contributed by atoms with Gasteiger partial charge in [0, 0.05) is 11.4 Å². The van der Waals surface area contributed by atoms with Gasteiger partial charge in [-0.1, -0.05) is 24.3 Å². The first-order chi connectivity index (χ1) is 11.5. The van der Waals surface area contributed by atoms with Crippen molar-refractivity contribution in [3.63, 3.8) is 0 Å². The van der Waals surface area contributed by atoms with Crippen LogP contribution in [0.15, 0.2) is 53.4 Å². The van der Waals surface area contributed by atoms with Gasteiger partial charge in [-0.3, -0.25) is 4.79 Å². The summed E-state index contributed by atoms with van der Waals surface area (Å²) in [7, 11) is 1.60. The molecule has 2 rings (SSSR count). The van der Waals surface area contributed by atoms with Crippen LogP contribution in [0.25, 0.3) is 0 Å². The molecule has 1 amide bonds. The highest BCUT2D eigenvalue weighted by atomic mass is 32.2. The van der Waals surface area contributed by atoms with E-state index in [9.17, 15) is 14.7 Å². The van der Waals surface area contributed by atoms with Crippen molar-refractivity contribution in [3.8, 4) is 5.75 Å². The van der Waals surface area contributed by atoms with Gasteiger partial charge in [0.15, 0.2) is 0 Å². The molecule has 0 bridgehead atoms. The van der Waals surface area contributed by atoms with Gasteiger partial charge in [0.1, 0.15) is 5.75 Å². The van der Waals surface area contributed by atoms with Crippen molar-refractivity contribution in [2.45, 2.75) is 23.6 Å². The van der Waals surface area contributed by atoms with E-state index < -0.39 is 11.2 Å². The Morgan fingerprint density at radius 3 is 2.46 bits per heavy atom. The maximum absolute atomic E-state index is 12.2. The van der Waals surface area contributed by atoms with E-state index in [-0.39, 0.29) is 11.5 Å². The van der Waals surface area contributed by atoms with E-state index in [1.165, 1.54) is 17.8 Å². The molecule has 0 fully saturated rings. The fraction of sp³-hybridized carbons (Fsp3) is 0.222. The number of methoxy groups -OCH3 is 1. The number of ether oxygens (including phenoxy) is 1. The number of hydrogen-bond donors (Lipinski definition) is 2. The number of benzene rings is 2. The molecule has 126 valence electrons. The minimum absolute atomic E-state index is 0.143. The van der Waals surface area contributed by atoms with Crippen LogP contribution in [0.5, 0.6) is 5.75 Å². The number of carbonyl (C=O) groups is 2. The van der Waals surface area contributed by atoms with E-state index in [4.69, 9.17) is 4.74 Å². The van der Waals surface area contributed by atoms with Crippen LogP contribution in [0.1, 0.15) is 22.8 Å². The molecule has 2 aromatic carbocycles. The molecule has 0 heterocycles. The van der Waals surface area contributed by atoms with Crippen LogP contribution < -0.4 is 10.1 Å². The number of thioether (sulfide) groups is 1. The molecule has 0 saturated carbocycles. The molecular formula is C18H19NO4S. The molecule has 6 heteroatoms. The van der Waals surface area contributed by atoms with Crippen LogP contribution in [0.4, 0.5) is 0 Å². The van der Waals surface area contributed by atoms with Crippen LogP contribution in [-0.4, -0.2) is 29.3 Å². The summed E-state index contributed by atoms with van der Waals surface area (Å²) in [6.07, 6.45) is 0. The van der Waals surface area contributed by atoms with Crippen molar-refractivity contribution in [1.82, 2.24) is 5.32 Å². The first kappa shape index (κ1) is 17.9. The lowest BCUT2D eigenvalue weighted by Crippen LogP contribution is -2.30. The third-order valence-electron chi connectivity index (χ3n) is 3.42. The topological polar surface area (TPSA) is 75.6 Å². The van der Waals surface area contributed by atoms with Gasteiger partial charge in [0.25, 0.3) is 0 Å². The number of carboxylic acids is 1. The molecule has 0 unspecified atom stereocenters. The molecule has 0 aliphatic heterocycles. The SMILES string of the molecule is COc1ccc(CNC(=O)[C@H](C)Sc2ccccc2C(=O)O)cc1. The second kappa shape index (κ2) is 8.40. The van der Waals surface area contributed by atoms with Crippen molar-refractivity contribution < 1.29 is 19.4 Å². The summed E-state index contributed by atoms with van der Waals surface area (Å²) in [5, 5.41) is 11.6. The highest BCUT2D eigenvalue weighted by Gasteiger charge is 2.18. The zero-order valence-corrected chi connectivity index (χ0v) is 14.3. The van der Waals surface area contributed by atoms with E-state index in [0.29, 0.717) is 11.4 Å². The van der Waals surface area contributed by atoms with Crippen LogP contribution in [0.3, 0.4) is 0 Å². The lowest BCUT2D eigenvalue weighted by atomic mass is 10.2. The normalized spacial score (nSPS) is 11.6.